The highest BCUT2D eigenvalue weighted by atomic mass is 15.1. The zero-order valence-electron chi connectivity index (χ0n) is 48.9. The second kappa shape index (κ2) is 19.0. The molecule has 1 nitrogen and oxygen atoms in total. The van der Waals surface area contributed by atoms with Crippen LogP contribution in [0.5, 0.6) is 0 Å². The van der Waals surface area contributed by atoms with Crippen molar-refractivity contribution in [2.45, 2.75) is 129 Å². The topological polar surface area (TPSA) is 3.24 Å². The Hall–Kier alpha value is -7.74. The van der Waals surface area contributed by atoms with Crippen molar-refractivity contribution >= 4 is 27.8 Å². The molecule has 0 spiro atoms. The van der Waals surface area contributed by atoms with Crippen LogP contribution in [0.3, 0.4) is 0 Å². The Morgan fingerprint density at radius 1 is 0.291 bits per heavy atom. The highest BCUT2D eigenvalue weighted by Crippen LogP contribution is 2.60. The molecule has 0 aromatic heterocycles. The van der Waals surface area contributed by atoms with Crippen LogP contribution in [0.15, 0.2) is 218 Å². The van der Waals surface area contributed by atoms with Gasteiger partial charge in [0.1, 0.15) is 0 Å². The normalized spacial score (nSPS) is 15.5. The number of anilines is 3. The molecule has 0 saturated heterocycles. The van der Waals surface area contributed by atoms with Crippen LogP contribution >= 0.6 is 0 Å². The van der Waals surface area contributed by atoms with Crippen LogP contribution in [0.1, 0.15) is 174 Å². The molecule has 0 aliphatic heterocycles. The summed E-state index contributed by atoms with van der Waals surface area (Å²) in [6, 6.07) is 85.3. The van der Waals surface area contributed by atoms with Crippen molar-refractivity contribution in [3.05, 3.63) is 291 Å². The van der Waals surface area contributed by atoms with E-state index in [1.807, 2.05) is 0 Å². The minimum Gasteiger partial charge on any atom is -0.310 e. The first-order valence-corrected chi connectivity index (χ1v) is 28.9. The van der Waals surface area contributed by atoms with E-state index in [0.717, 1.165) is 11.4 Å². The zero-order chi connectivity index (χ0) is 55.4. The lowest BCUT2D eigenvalue weighted by Gasteiger charge is -2.36. The number of nitrogens with zero attached hydrogens (tertiary/aromatic N) is 1. The van der Waals surface area contributed by atoms with Gasteiger partial charge in [0.15, 0.2) is 0 Å². The fraction of sp³-hybridized carbons (Fsp3) is 0.256. The van der Waals surface area contributed by atoms with Crippen molar-refractivity contribution in [2.24, 2.45) is 0 Å². The molecule has 2 aliphatic rings. The maximum atomic E-state index is 2.59. The van der Waals surface area contributed by atoms with Crippen LogP contribution in [-0.2, 0) is 27.1 Å². The molecule has 2 aliphatic carbocycles. The van der Waals surface area contributed by atoms with E-state index in [4.69, 9.17) is 0 Å². The second-order valence-electron chi connectivity index (χ2n) is 26.6. The molecule has 79 heavy (non-hydrogen) atoms. The van der Waals surface area contributed by atoms with Gasteiger partial charge in [0.2, 0.25) is 0 Å². The molecule has 394 valence electrons. The van der Waals surface area contributed by atoms with Gasteiger partial charge in [-0.25, -0.2) is 0 Å². The first kappa shape index (κ1) is 52.0. The van der Waals surface area contributed by atoms with Gasteiger partial charge in [-0.2, -0.15) is 0 Å². The summed E-state index contributed by atoms with van der Waals surface area (Å²) in [6.45, 7) is 30.1. The third-order valence-corrected chi connectivity index (χ3v) is 17.8. The molecule has 0 bridgehead atoms. The zero-order valence-corrected chi connectivity index (χ0v) is 48.9. The summed E-state index contributed by atoms with van der Waals surface area (Å²) in [4.78, 5) is 2.59. The average molecular weight is 1030 g/mol. The number of hydrogen-bond donors (Lipinski definition) is 0. The fourth-order valence-electron chi connectivity index (χ4n) is 13.4. The van der Waals surface area contributed by atoms with E-state index in [9.17, 15) is 0 Å². The van der Waals surface area contributed by atoms with Crippen molar-refractivity contribution in [1.29, 1.82) is 0 Å². The van der Waals surface area contributed by atoms with Gasteiger partial charge in [0, 0.05) is 17.1 Å². The minimum atomic E-state index is -0.609. The van der Waals surface area contributed by atoms with Crippen LogP contribution in [-0.4, -0.2) is 0 Å². The Balaban J connectivity index is 1.15. The van der Waals surface area contributed by atoms with E-state index < -0.39 is 10.8 Å². The number of hydrogen-bond acceptors (Lipinski definition) is 1. The minimum absolute atomic E-state index is 0.0123. The summed E-state index contributed by atoms with van der Waals surface area (Å²) in [6.07, 6.45) is 0. The third-order valence-electron chi connectivity index (χ3n) is 17.8. The Morgan fingerprint density at radius 2 is 0.671 bits per heavy atom. The van der Waals surface area contributed by atoms with Crippen molar-refractivity contribution in [3.8, 4) is 22.3 Å². The second-order valence-corrected chi connectivity index (χ2v) is 26.6. The molecule has 10 aromatic carbocycles. The molecule has 1 unspecified atom stereocenters. The quantitative estimate of drug-likeness (QED) is 0.139. The van der Waals surface area contributed by atoms with E-state index in [-0.39, 0.29) is 16.2 Å². The van der Waals surface area contributed by atoms with Gasteiger partial charge in [-0.05, 0) is 176 Å². The highest BCUT2D eigenvalue weighted by Gasteiger charge is 2.48. The lowest BCUT2D eigenvalue weighted by Crippen LogP contribution is -2.29. The standard InChI is InChI=1S/C78H77N/c1-50(2)54-43-55(51(3)4)47-65(46-54)79(63-39-41-68-66-23-17-19-25-70(66)77(72(68)48-63,59-35-31-56(32-36-59)74(5,6)7)60-37-33-57(34-38-60)75(8,9)10)64-40-42-69-67-24-18-20-26-71(67)78(73(69)49-64,58-21-15-14-16-22-58)62-30-28-52-44-61(76(11,12)13)29-27-53(52)45-62/h14-51H,1-13H3. The first-order valence-electron chi connectivity index (χ1n) is 28.9. The van der Waals surface area contributed by atoms with E-state index in [1.54, 1.807) is 0 Å². The summed E-state index contributed by atoms with van der Waals surface area (Å²) in [7, 11) is 0. The largest absolute Gasteiger partial charge is 0.310 e. The van der Waals surface area contributed by atoms with Crippen LogP contribution < -0.4 is 4.90 Å². The number of rotatable bonds is 9. The molecule has 0 amide bonds. The SMILES string of the molecule is CC(C)c1cc(C(C)C)cc(N(c2ccc3c(c2)C(c2ccc(C(C)(C)C)cc2)(c2ccc(C(C)(C)C)cc2)c2ccccc2-3)c2ccc3c(c2)C(c2ccccc2)(c2ccc4cc(C(C)(C)C)ccc4c2)c2ccccc2-3)c1. The van der Waals surface area contributed by atoms with E-state index in [1.165, 1.54) is 111 Å². The van der Waals surface area contributed by atoms with Gasteiger partial charge in [-0.1, -0.05) is 266 Å². The van der Waals surface area contributed by atoms with Crippen LogP contribution in [0.4, 0.5) is 17.1 Å². The van der Waals surface area contributed by atoms with Gasteiger partial charge in [-0.3, -0.25) is 0 Å². The Labute approximate surface area is 472 Å². The van der Waals surface area contributed by atoms with Crippen LogP contribution in [0, 0.1) is 0 Å². The van der Waals surface area contributed by atoms with Crippen LogP contribution in [0.2, 0.25) is 0 Å². The van der Waals surface area contributed by atoms with Gasteiger partial charge < -0.3 is 4.90 Å². The molecular weight excluding hydrogens is 951 g/mol. The lowest BCUT2D eigenvalue weighted by atomic mass is 9.66. The monoisotopic (exact) mass is 1030 g/mol. The third kappa shape index (κ3) is 8.50. The summed E-state index contributed by atoms with van der Waals surface area (Å²) >= 11 is 0. The molecule has 0 saturated carbocycles. The van der Waals surface area contributed by atoms with Crippen molar-refractivity contribution in [2.75, 3.05) is 4.90 Å². The molecule has 0 N–H and O–H groups in total. The molecule has 12 rings (SSSR count). The summed E-state index contributed by atoms with van der Waals surface area (Å²) < 4.78 is 0. The predicted molar refractivity (Wildman–Crippen MR) is 338 cm³/mol. The fourth-order valence-corrected chi connectivity index (χ4v) is 13.4. The lowest BCUT2D eigenvalue weighted by molar-refractivity contribution is 0.588. The molecule has 0 heterocycles. The molecular formula is C78H77N. The summed E-state index contributed by atoms with van der Waals surface area (Å²) in [5.41, 5.74) is 24.4. The number of fused-ring (bicyclic) bond motifs is 7. The van der Waals surface area contributed by atoms with E-state index in [0.29, 0.717) is 11.8 Å². The molecule has 1 heteroatoms. The first-order chi connectivity index (χ1) is 37.7. The van der Waals surface area contributed by atoms with Gasteiger partial charge in [0.05, 0.1) is 10.8 Å². The Bertz CT molecular complexity index is 3860. The predicted octanol–water partition coefficient (Wildman–Crippen LogP) is 21.2. The summed E-state index contributed by atoms with van der Waals surface area (Å²) in [5, 5.41) is 2.52. The summed E-state index contributed by atoms with van der Waals surface area (Å²) in [5.74, 6) is 0.669. The van der Waals surface area contributed by atoms with Crippen molar-refractivity contribution in [1.82, 2.24) is 0 Å². The van der Waals surface area contributed by atoms with E-state index in [2.05, 4.69) is 313 Å². The molecule has 1 atom stereocenters. The molecule has 0 fully saturated rings. The van der Waals surface area contributed by atoms with Gasteiger partial charge in [-0.15, -0.1) is 0 Å². The highest BCUT2D eigenvalue weighted by molar-refractivity contribution is 5.94. The van der Waals surface area contributed by atoms with Gasteiger partial charge >= 0.3 is 0 Å². The Morgan fingerprint density at radius 3 is 1.14 bits per heavy atom. The molecule has 10 aromatic rings. The number of benzene rings is 10. The van der Waals surface area contributed by atoms with Crippen molar-refractivity contribution in [3.63, 3.8) is 0 Å². The van der Waals surface area contributed by atoms with Crippen molar-refractivity contribution < 1.29 is 0 Å². The smallest absolute Gasteiger partial charge is 0.0714 e. The van der Waals surface area contributed by atoms with Gasteiger partial charge in [0.25, 0.3) is 0 Å². The molecule has 0 radical (unpaired) electrons. The Kier molecular flexibility index (Phi) is 12.5. The average Bonchev–Trinajstić information content (AvgIpc) is 3.00. The maximum Gasteiger partial charge on any atom is 0.0714 e. The van der Waals surface area contributed by atoms with Crippen LogP contribution in [0.25, 0.3) is 33.0 Å². The maximum absolute atomic E-state index is 2.59. The van der Waals surface area contributed by atoms with E-state index >= 15 is 0 Å².